The summed E-state index contributed by atoms with van der Waals surface area (Å²) in [5.41, 5.74) is 3.59. The van der Waals surface area contributed by atoms with Crippen LogP contribution in [0.25, 0.3) is 0 Å². The van der Waals surface area contributed by atoms with Gasteiger partial charge >= 0.3 is 0 Å². The minimum Gasteiger partial charge on any atom is -0.372 e. The van der Waals surface area contributed by atoms with Crippen molar-refractivity contribution in [3.63, 3.8) is 0 Å². The van der Waals surface area contributed by atoms with E-state index in [2.05, 4.69) is 24.1 Å². The van der Waals surface area contributed by atoms with Gasteiger partial charge in [-0.2, -0.15) is 17.0 Å². The highest BCUT2D eigenvalue weighted by Gasteiger charge is 2.34. The topological polar surface area (TPSA) is 73.0 Å². The minimum absolute atomic E-state index is 0.212. The Hall–Kier alpha value is -2.13. The van der Waals surface area contributed by atoms with E-state index in [1.807, 2.05) is 37.3 Å². The fourth-order valence-corrected chi connectivity index (χ4v) is 5.62. The Kier molecular flexibility index (Phi) is 8.16. The van der Waals surface area contributed by atoms with Crippen molar-refractivity contribution in [1.82, 2.24) is 8.61 Å². The van der Waals surface area contributed by atoms with Crippen LogP contribution in [0.1, 0.15) is 31.4 Å². The maximum atomic E-state index is 13.1. The SMILES string of the molecule is CCN(CC)c1ccc(NC(=O)CN2CCCN(Cc3ccc(Cl)cc3)S2(=O)=O)c(C)c1. The molecule has 0 radical (unpaired) electrons. The molecule has 0 saturated carbocycles. The van der Waals surface area contributed by atoms with E-state index in [4.69, 9.17) is 11.6 Å². The second-order valence-electron chi connectivity index (χ2n) is 7.87. The van der Waals surface area contributed by atoms with Crippen LogP contribution in [0.2, 0.25) is 5.02 Å². The number of hydrogen-bond donors (Lipinski definition) is 1. The number of rotatable bonds is 8. The molecule has 2 aromatic carbocycles. The van der Waals surface area contributed by atoms with E-state index in [9.17, 15) is 13.2 Å². The zero-order valence-electron chi connectivity index (χ0n) is 18.8. The first kappa shape index (κ1) is 24.5. The van der Waals surface area contributed by atoms with E-state index in [1.165, 1.54) is 8.61 Å². The quantitative estimate of drug-likeness (QED) is 0.624. The Morgan fingerprint density at radius 1 is 1.06 bits per heavy atom. The molecule has 7 nitrogen and oxygen atoms in total. The molecule has 9 heteroatoms. The molecule has 0 aromatic heterocycles. The van der Waals surface area contributed by atoms with Gasteiger partial charge in [0.05, 0.1) is 6.54 Å². The number of aryl methyl sites for hydroxylation is 1. The van der Waals surface area contributed by atoms with Crippen molar-refractivity contribution in [2.24, 2.45) is 0 Å². The molecule has 0 bridgehead atoms. The molecule has 174 valence electrons. The van der Waals surface area contributed by atoms with Crippen LogP contribution in [0, 0.1) is 6.92 Å². The number of hydrogen-bond acceptors (Lipinski definition) is 4. The molecule has 1 fully saturated rings. The highest BCUT2D eigenvalue weighted by molar-refractivity contribution is 7.86. The Morgan fingerprint density at radius 2 is 1.72 bits per heavy atom. The van der Waals surface area contributed by atoms with Crippen molar-refractivity contribution in [3.8, 4) is 0 Å². The summed E-state index contributed by atoms with van der Waals surface area (Å²) < 4.78 is 28.8. The summed E-state index contributed by atoms with van der Waals surface area (Å²) in [5.74, 6) is -0.347. The summed E-state index contributed by atoms with van der Waals surface area (Å²) in [6.07, 6.45) is 0.664. The molecular weight excluding hydrogens is 448 g/mol. The summed E-state index contributed by atoms with van der Waals surface area (Å²) in [7, 11) is -3.73. The van der Waals surface area contributed by atoms with E-state index < -0.39 is 10.2 Å². The van der Waals surface area contributed by atoms with Gasteiger partial charge in [0.1, 0.15) is 0 Å². The monoisotopic (exact) mass is 478 g/mol. The number of amides is 1. The van der Waals surface area contributed by atoms with Crippen LogP contribution in [0.5, 0.6) is 0 Å². The van der Waals surface area contributed by atoms with Gasteiger partial charge in [-0.1, -0.05) is 23.7 Å². The first-order chi connectivity index (χ1) is 15.2. The number of nitrogens with zero attached hydrogens (tertiary/aromatic N) is 3. The fourth-order valence-electron chi connectivity index (χ4n) is 3.86. The summed E-state index contributed by atoms with van der Waals surface area (Å²) in [6.45, 7) is 8.74. The Labute approximate surface area is 196 Å². The van der Waals surface area contributed by atoms with Crippen molar-refractivity contribution < 1.29 is 13.2 Å². The fraction of sp³-hybridized carbons (Fsp3) is 0.435. The molecule has 1 aliphatic rings. The number of anilines is 2. The molecule has 1 saturated heterocycles. The van der Waals surface area contributed by atoms with E-state index >= 15 is 0 Å². The second-order valence-corrected chi connectivity index (χ2v) is 10.2. The van der Waals surface area contributed by atoms with Crippen LogP contribution >= 0.6 is 11.6 Å². The van der Waals surface area contributed by atoms with Gasteiger partial charge in [-0.05, 0) is 68.7 Å². The molecule has 0 aliphatic carbocycles. The van der Waals surface area contributed by atoms with E-state index in [0.29, 0.717) is 30.2 Å². The van der Waals surface area contributed by atoms with E-state index in [1.54, 1.807) is 12.1 Å². The maximum Gasteiger partial charge on any atom is 0.282 e. The van der Waals surface area contributed by atoms with Gasteiger partial charge in [0.15, 0.2) is 0 Å². The molecule has 1 amide bonds. The summed E-state index contributed by atoms with van der Waals surface area (Å²) in [4.78, 5) is 14.9. The molecule has 3 rings (SSSR count). The van der Waals surface area contributed by atoms with Crippen molar-refractivity contribution in [2.75, 3.05) is 42.9 Å². The third kappa shape index (κ3) is 5.81. The van der Waals surface area contributed by atoms with E-state index in [-0.39, 0.29) is 19.0 Å². The van der Waals surface area contributed by atoms with Crippen LogP contribution in [0.4, 0.5) is 11.4 Å². The molecule has 2 aromatic rings. The van der Waals surface area contributed by atoms with Crippen LogP contribution in [-0.4, -0.2) is 55.7 Å². The minimum atomic E-state index is -3.73. The summed E-state index contributed by atoms with van der Waals surface area (Å²) >= 11 is 5.92. The average Bonchev–Trinajstić information content (AvgIpc) is 2.75. The van der Waals surface area contributed by atoms with Gasteiger partial charge in [-0.3, -0.25) is 4.79 Å². The van der Waals surface area contributed by atoms with Crippen molar-refractivity contribution in [2.45, 2.75) is 33.7 Å². The molecule has 0 unspecified atom stereocenters. The number of nitrogens with one attached hydrogen (secondary N) is 1. The zero-order valence-corrected chi connectivity index (χ0v) is 20.4. The lowest BCUT2D eigenvalue weighted by Crippen LogP contribution is -2.51. The highest BCUT2D eigenvalue weighted by Crippen LogP contribution is 2.24. The van der Waals surface area contributed by atoms with Crippen LogP contribution in [-0.2, 0) is 21.5 Å². The summed E-state index contributed by atoms with van der Waals surface area (Å²) in [6, 6.07) is 13.0. The third-order valence-corrected chi connectivity index (χ3v) is 7.85. The number of carbonyl (C=O) groups excluding carboxylic acids is 1. The highest BCUT2D eigenvalue weighted by atomic mass is 35.5. The van der Waals surface area contributed by atoms with Crippen LogP contribution in [0.3, 0.4) is 0 Å². The predicted octanol–water partition coefficient (Wildman–Crippen LogP) is 3.89. The third-order valence-electron chi connectivity index (χ3n) is 5.67. The molecule has 0 atom stereocenters. The van der Waals surface area contributed by atoms with Crippen LogP contribution < -0.4 is 10.2 Å². The molecule has 1 heterocycles. The van der Waals surface area contributed by atoms with Crippen molar-refractivity contribution in [3.05, 3.63) is 58.6 Å². The lowest BCUT2D eigenvalue weighted by Gasteiger charge is -2.34. The normalized spacial score (nSPS) is 16.6. The lowest BCUT2D eigenvalue weighted by molar-refractivity contribution is -0.116. The Morgan fingerprint density at radius 3 is 2.34 bits per heavy atom. The Balaban J connectivity index is 1.65. The second kappa shape index (κ2) is 10.7. The van der Waals surface area contributed by atoms with Crippen molar-refractivity contribution >= 4 is 39.1 Å². The molecule has 32 heavy (non-hydrogen) atoms. The largest absolute Gasteiger partial charge is 0.372 e. The van der Waals surface area contributed by atoms with Gasteiger partial charge in [0.2, 0.25) is 5.91 Å². The Bertz CT molecular complexity index is 1040. The van der Waals surface area contributed by atoms with E-state index in [0.717, 1.165) is 29.9 Å². The molecule has 1 aliphatic heterocycles. The first-order valence-electron chi connectivity index (χ1n) is 10.9. The first-order valence-corrected chi connectivity index (χ1v) is 12.7. The molecule has 1 N–H and O–H groups in total. The van der Waals surface area contributed by atoms with Gasteiger partial charge in [0.25, 0.3) is 10.2 Å². The van der Waals surface area contributed by atoms with Crippen molar-refractivity contribution in [1.29, 1.82) is 0 Å². The maximum absolute atomic E-state index is 13.1. The standard InChI is InChI=1S/C23H31ClN4O3S/c1-4-26(5-2)21-11-12-22(18(3)15-21)25-23(29)17-28-14-6-13-27(32(28,30)31)16-19-7-9-20(24)10-8-19/h7-12,15H,4-6,13-14,16-17H2,1-3H3,(H,25,29). The molecule has 0 spiro atoms. The smallest absolute Gasteiger partial charge is 0.282 e. The van der Waals surface area contributed by atoms with Gasteiger partial charge in [-0.15, -0.1) is 0 Å². The number of benzene rings is 2. The van der Waals surface area contributed by atoms with Gasteiger partial charge in [-0.25, -0.2) is 0 Å². The average molecular weight is 479 g/mol. The lowest BCUT2D eigenvalue weighted by atomic mass is 10.1. The summed E-state index contributed by atoms with van der Waals surface area (Å²) in [5, 5.41) is 3.48. The number of halogens is 1. The molecular formula is C23H31ClN4O3S. The zero-order chi connectivity index (χ0) is 23.3. The van der Waals surface area contributed by atoms with Gasteiger partial charge in [0, 0.05) is 49.1 Å². The van der Waals surface area contributed by atoms with Crippen LogP contribution in [0.15, 0.2) is 42.5 Å². The predicted molar refractivity (Wildman–Crippen MR) is 130 cm³/mol. The number of carbonyl (C=O) groups is 1. The van der Waals surface area contributed by atoms with Gasteiger partial charge < -0.3 is 10.2 Å².